The number of rotatable bonds is 4. The molecule has 1 heterocycles. The first-order chi connectivity index (χ1) is 15.5. The highest BCUT2D eigenvalue weighted by atomic mass is 35.5. The molecule has 0 atom stereocenters. The largest absolute Gasteiger partial charge is 0.497 e. The Kier molecular flexibility index (Phi) is 6.89. The minimum atomic E-state index is -0.493. The Bertz CT molecular complexity index is 974. The number of methoxy groups -OCH3 is 1. The zero-order valence-corrected chi connectivity index (χ0v) is 19.2. The fourth-order valence-electron chi connectivity index (χ4n) is 4.92. The van der Waals surface area contributed by atoms with Crippen LogP contribution in [0.15, 0.2) is 48.5 Å². The Morgan fingerprint density at radius 2 is 1.66 bits per heavy atom. The van der Waals surface area contributed by atoms with Gasteiger partial charge in [0, 0.05) is 36.9 Å². The lowest BCUT2D eigenvalue weighted by molar-refractivity contribution is -0.137. The number of benzene rings is 2. The fraction of sp³-hybridized carbons (Fsp3) is 0.440. The SMILES string of the molecule is COc1cccc(C2(C(=O)N3CCCN(C(=O)Nc4cccc(Cl)c4)CC3)CCCC2)c1. The van der Waals surface area contributed by atoms with Gasteiger partial charge in [-0.3, -0.25) is 4.79 Å². The van der Waals surface area contributed by atoms with E-state index in [9.17, 15) is 9.59 Å². The van der Waals surface area contributed by atoms with Gasteiger partial charge in [0.05, 0.1) is 12.5 Å². The zero-order chi connectivity index (χ0) is 22.6. The molecule has 1 aliphatic carbocycles. The number of amides is 3. The van der Waals surface area contributed by atoms with E-state index < -0.39 is 5.41 Å². The van der Waals surface area contributed by atoms with Crippen molar-refractivity contribution < 1.29 is 14.3 Å². The molecule has 0 radical (unpaired) electrons. The van der Waals surface area contributed by atoms with Crippen LogP contribution in [0.4, 0.5) is 10.5 Å². The predicted molar refractivity (Wildman–Crippen MR) is 126 cm³/mol. The minimum absolute atomic E-state index is 0.162. The lowest BCUT2D eigenvalue weighted by atomic mass is 9.77. The number of nitrogens with one attached hydrogen (secondary N) is 1. The molecule has 6 nitrogen and oxygen atoms in total. The molecular formula is C25H30ClN3O3. The van der Waals surface area contributed by atoms with Crippen molar-refractivity contribution in [2.45, 2.75) is 37.5 Å². The van der Waals surface area contributed by atoms with Gasteiger partial charge in [0.15, 0.2) is 0 Å². The van der Waals surface area contributed by atoms with Crippen LogP contribution in [0.3, 0.4) is 0 Å². The molecule has 2 fully saturated rings. The number of anilines is 1. The second-order valence-electron chi connectivity index (χ2n) is 8.59. The van der Waals surface area contributed by atoms with Crippen LogP contribution in [0.5, 0.6) is 5.75 Å². The van der Waals surface area contributed by atoms with E-state index >= 15 is 0 Å². The molecule has 4 rings (SSSR count). The van der Waals surface area contributed by atoms with Gasteiger partial charge in [-0.05, 0) is 55.2 Å². The third-order valence-corrected chi connectivity index (χ3v) is 6.87. The molecule has 0 spiro atoms. The van der Waals surface area contributed by atoms with Gasteiger partial charge >= 0.3 is 6.03 Å². The molecule has 1 aliphatic heterocycles. The summed E-state index contributed by atoms with van der Waals surface area (Å²) in [4.78, 5) is 30.3. The molecule has 3 amide bonds. The van der Waals surface area contributed by atoms with Crippen molar-refractivity contribution in [3.05, 3.63) is 59.1 Å². The van der Waals surface area contributed by atoms with Crippen molar-refractivity contribution in [2.75, 3.05) is 38.6 Å². The average Bonchev–Trinajstić information content (AvgIpc) is 3.18. The summed E-state index contributed by atoms with van der Waals surface area (Å²) in [6.07, 6.45) is 4.56. The van der Waals surface area contributed by atoms with Crippen LogP contribution in [0, 0.1) is 0 Å². The highest BCUT2D eigenvalue weighted by Gasteiger charge is 2.45. The molecule has 2 aromatic rings. The fourth-order valence-corrected chi connectivity index (χ4v) is 5.11. The monoisotopic (exact) mass is 455 g/mol. The van der Waals surface area contributed by atoms with Crippen molar-refractivity contribution in [1.82, 2.24) is 9.80 Å². The Labute approximate surface area is 194 Å². The van der Waals surface area contributed by atoms with Crippen LogP contribution in [-0.2, 0) is 10.2 Å². The van der Waals surface area contributed by atoms with Gasteiger partial charge < -0.3 is 19.9 Å². The van der Waals surface area contributed by atoms with Crippen molar-refractivity contribution in [1.29, 1.82) is 0 Å². The summed E-state index contributed by atoms with van der Waals surface area (Å²) in [6.45, 7) is 2.31. The maximum absolute atomic E-state index is 13.8. The number of carbonyl (C=O) groups is 2. The molecule has 32 heavy (non-hydrogen) atoms. The Morgan fingerprint density at radius 1 is 0.938 bits per heavy atom. The van der Waals surface area contributed by atoms with E-state index in [0.717, 1.165) is 43.4 Å². The Morgan fingerprint density at radius 3 is 2.41 bits per heavy atom. The van der Waals surface area contributed by atoms with Crippen molar-refractivity contribution in [3.8, 4) is 5.75 Å². The van der Waals surface area contributed by atoms with Gasteiger partial charge in [-0.15, -0.1) is 0 Å². The molecule has 170 valence electrons. The van der Waals surface area contributed by atoms with E-state index in [1.165, 1.54) is 0 Å². The van der Waals surface area contributed by atoms with Crippen molar-refractivity contribution >= 4 is 29.2 Å². The average molecular weight is 456 g/mol. The third kappa shape index (κ3) is 4.70. The number of nitrogens with zero attached hydrogens (tertiary/aromatic N) is 2. The molecule has 0 unspecified atom stereocenters. The molecule has 1 saturated carbocycles. The van der Waals surface area contributed by atoms with E-state index in [1.807, 2.05) is 35.2 Å². The summed E-state index contributed by atoms with van der Waals surface area (Å²) in [5, 5.41) is 3.49. The molecule has 2 aromatic carbocycles. The van der Waals surface area contributed by atoms with E-state index in [1.54, 1.807) is 30.2 Å². The third-order valence-electron chi connectivity index (χ3n) is 6.64. The standard InChI is InChI=1S/C25H30ClN3O3/c1-32-22-10-4-7-19(17-22)25(11-2-3-12-25)23(30)28-13-6-14-29(16-15-28)24(31)27-21-9-5-8-20(26)18-21/h4-5,7-10,17-18H,2-3,6,11-16H2,1H3,(H,27,31). The lowest BCUT2D eigenvalue weighted by Gasteiger charge is -2.34. The van der Waals surface area contributed by atoms with Crippen molar-refractivity contribution in [2.24, 2.45) is 0 Å². The summed E-state index contributed by atoms with van der Waals surface area (Å²) in [5.74, 6) is 0.960. The molecular weight excluding hydrogens is 426 g/mol. The van der Waals surface area contributed by atoms with Crippen LogP contribution < -0.4 is 10.1 Å². The highest BCUT2D eigenvalue weighted by molar-refractivity contribution is 6.30. The summed E-state index contributed by atoms with van der Waals surface area (Å²) >= 11 is 6.02. The second kappa shape index (κ2) is 9.82. The summed E-state index contributed by atoms with van der Waals surface area (Å²) in [7, 11) is 1.65. The Hall–Kier alpha value is -2.73. The molecule has 1 saturated heterocycles. The first-order valence-electron chi connectivity index (χ1n) is 11.3. The Balaban J connectivity index is 1.46. The van der Waals surface area contributed by atoms with Crippen molar-refractivity contribution in [3.63, 3.8) is 0 Å². The van der Waals surface area contributed by atoms with E-state index in [-0.39, 0.29) is 11.9 Å². The van der Waals surface area contributed by atoms with Gasteiger partial charge in [-0.25, -0.2) is 4.79 Å². The number of hydrogen-bond donors (Lipinski definition) is 1. The van der Waals surface area contributed by atoms with Crippen LogP contribution in [-0.4, -0.2) is 55.0 Å². The summed E-state index contributed by atoms with van der Waals surface area (Å²) in [6, 6.07) is 14.9. The number of urea groups is 1. The first-order valence-corrected chi connectivity index (χ1v) is 11.6. The quantitative estimate of drug-likeness (QED) is 0.711. The van der Waals surface area contributed by atoms with Crippen LogP contribution in [0.2, 0.25) is 5.02 Å². The molecule has 1 N–H and O–H groups in total. The molecule has 0 aromatic heterocycles. The maximum atomic E-state index is 13.8. The molecule has 2 aliphatic rings. The van der Waals surface area contributed by atoms with E-state index in [2.05, 4.69) is 5.32 Å². The maximum Gasteiger partial charge on any atom is 0.321 e. The van der Waals surface area contributed by atoms with Gasteiger partial charge in [0.25, 0.3) is 0 Å². The van der Waals surface area contributed by atoms with Gasteiger partial charge in [-0.1, -0.05) is 42.6 Å². The van der Waals surface area contributed by atoms with Crippen LogP contribution in [0.1, 0.15) is 37.7 Å². The first kappa shape index (κ1) is 22.5. The van der Waals surface area contributed by atoms with Crippen LogP contribution >= 0.6 is 11.6 Å². The normalized spacial score (nSPS) is 18.2. The predicted octanol–water partition coefficient (Wildman–Crippen LogP) is 4.93. The topological polar surface area (TPSA) is 61.9 Å². The molecule has 7 heteroatoms. The van der Waals surface area contributed by atoms with Gasteiger partial charge in [0.2, 0.25) is 5.91 Å². The van der Waals surface area contributed by atoms with Crippen LogP contribution in [0.25, 0.3) is 0 Å². The number of hydrogen-bond acceptors (Lipinski definition) is 3. The summed E-state index contributed by atoms with van der Waals surface area (Å²) < 4.78 is 5.42. The van der Waals surface area contributed by atoms with E-state index in [4.69, 9.17) is 16.3 Å². The number of halogens is 1. The lowest BCUT2D eigenvalue weighted by Crippen LogP contribution is -2.47. The number of ether oxygens (including phenoxy) is 1. The highest BCUT2D eigenvalue weighted by Crippen LogP contribution is 2.43. The van der Waals surface area contributed by atoms with Gasteiger partial charge in [-0.2, -0.15) is 0 Å². The minimum Gasteiger partial charge on any atom is -0.497 e. The number of carbonyl (C=O) groups excluding carboxylic acids is 2. The second-order valence-corrected chi connectivity index (χ2v) is 9.03. The van der Waals surface area contributed by atoms with E-state index in [0.29, 0.717) is 36.9 Å². The summed E-state index contributed by atoms with van der Waals surface area (Å²) in [5.41, 5.74) is 1.22. The molecule has 0 bridgehead atoms. The zero-order valence-electron chi connectivity index (χ0n) is 18.5. The van der Waals surface area contributed by atoms with Gasteiger partial charge in [0.1, 0.15) is 5.75 Å². The smallest absolute Gasteiger partial charge is 0.321 e.